The summed E-state index contributed by atoms with van der Waals surface area (Å²) in [7, 11) is 0. The summed E-state index contributed by atoms with van der Waals surface area (Å²) in [5.74, 6) is -0.179. The highest BCUT2D eigenvalue weighted by Gasteiger charge is 2.11. The zero-order valence-corrected chi connectivity index (χ0v) is 20.3. The molecule has 0 unspecified atom stereocenters. The molecule has 0 fully saturated rings. The maximum absolute atomic E-state index is 9.70. The van der Waals surface area contributed by atoms with Gasteiger partial charge in [0.2, 0.25) is 0 Å². The van der Waals surface area contributed by atoms with E-state index in [9.17, 15) is 10.2 Å². The zero-order valence-electron chi connectivity index (χ0n) is 18.8. The highest BCUT2D eigenvalue weighted by molar-refractivity contribution is 6.37. The molecule has 0 spiro atoms. The number of ether oxygens (including phenoxy) is 1. The Labute approximate surface area is 213 Å². The molecule has 0 radical (unpaired) electrons. The van der Waals surface area contributed by atoms with E-state index in [2.05, 4.69) is 44.3 Å². The van der Waals surface area contributed by atoms with E-state index in [1.807, 2.05) is 30.3 Å². The number of aromatic hydroxyl groups is 1. The number of aliphatic hydroxyl groups is 1. The molecule has 0 bridgehead atoms. The standard InChI is InChI=1S/C26H24Cl2N4O3/c27-22-12-21(13-23(28)25(22)34)24-14-29-26(31-30-24)35-17-20-8-6-19(7-9-20)16-32(10-11-33)15-18-4-2-1-3-5-18/h1-9,12-14,33-34H,10-11,15-17H2. The fourth-order valence-electron chi connectivity index (χ4n) is 3.52. The fraction of sp³-hybridized carbons (Fsp3) is 0.192. The second-order valence-electron chi connectivity index (χ2n) is 7.94. The van der Waals surface area contributed by atoms with Gasteiger partial charge in [0.1, 0.15) is 12.3 Å². The van der Waals surface area contributed by atoms with Crippen LogP contribution in [0.5, 0.6) is 11.8 Å². The first-order valence-electron chi connectivity index (χ1n) is 11.0. The smallest absolute Gasteiger partial charge is 0.336 e. The minimum absolute atomic E-state index is 0.110. The SMILES string of the molecule is OCCN(Cc1ccccc1)Cc1ccc(COc2ncc(-c3cc(Cl)c(O)c(Cl)c3)nn2)cc1. The number of hydrogen-bond acceptors (Lipinski definition) is 7. The predicted octanol–water partition coefficient (Wildman–Crippen LogP) is 5.12. The van der Waals surface area contributed by atoms with Crippen molar-refractivity contribution in [2.45, 2.75) is 19.7 Å². The lowest BCUT2D eigenvalue weighted by molar-refractivity contribution is 0.184. The number of nitrogens with zero attached hydrogens (tertiary/aromatic N) is 4. The summed E-state index contributed by atoms with van der Waals surface area (Å²) >= 11 is 11.9. The summed E-state index contributed by atoms with van der Waals surface area (Å²) in [5, 5.41) is 27.5. The van der Waals surface area contributed by atoms with E-state index in [4.69, 9.17) is 27.9 Å². The zero-order chi connectivity index (χ0) is 24.6. The minimum atomic E-state index is -0.179. The van der Waals surface area contributed by atoms with E-state index >= 15 is 0 Å². The number of aromatic nitrogens is 3. The van der Waals surface area contributed by atoms with Gasteiger partial charge < -0.3 is 14.9 Å². The quantitative estimate of drug-likeness (QED) is 0.305. The van der Waals surface area contributed by atoms with Crippen LogP contribution in [0.4, 0.5) is 0 Å². The largest absolute Gasteiger partial charge is 0.505 e. The molecule has 3 aromatic carbocycles. The van der Waals surface area contributed by atoms with Gasteiger partial charge >= 0.3 is 6.01 Å². The Morgan fingerprint density at radius 2 is 1.46 bits per heavy atom. The van der Waals surface area contributed by atoms with Crippen molar-refractivity contribution in [1.82, 2.24) is 20.1 Å². The van der Waals surface area contributed by atoms with Crippen molar-refractivity contribution in [1.29, 1.82) is 0 Å². The summed E-state index contributed by atoms with van der Waals surface area (Å²) in [4.78, 5) is 6.40. The van der Waals surface area contributed by atoms with Crippen LogP contribution in [-0.4, -0.2) is 43.4 Å². The molecule has 0 saturated heterocycles. The van der Waals surface area contributed by atoms with Crippen LogP contribution in [0.15, 0.2) is 72.9 Å². The van der Waals surface area contributed by atoms with Gasteiger partial charge in [-0.05, 0) is 28.8 Å². The molecular formula is C26H24Cl2N4O3. The third-order valence-electron chi connectivity index (χ3n) is 5.32. The van der Waals surface area contributed by atoms with Crippen LogP contribution in [-0.2, 0) is 19.7 Å². The molecule has 0 saturated carbocycles. The van der Waals surface area contributed by atoms with Gasteiger partial charge in [0.05, 0.1) is 22.8 Å². The van der Waals surface area contributed by atoms with Crippen LogP contribution in [0, 0.1) is 0 Å². The number of phenols is 1. The van der Waals surface area contributed by atoms with Crippen molar-refractivity contribution >= 4 is 23.2 Å². The van der Waals surface area contributed by atoms with Crippen molar-refractivity contribution in [2.75, 3.05) is 13.2 Å². The van der Waals surface area contributed by atoms with E-state index in [0.29, 0.717) is 24.4 Å². The molecule has 4 rings (SSSR count). The summed E-state index contributed by atoms with van der Waals surface area (Å²) < 4.78 is 5.67. The van der Waals surface area contributed by atoms with Gasteiger partial charge in [-0.1, -0.05) is 82.9 Å². The van der Waals surface area contributed by atoms with Gasteiger partial charge in [-0.2, -0.15) is 0 Å². The first kappa shape index (κ1) is 24.9. The number of aliphatic hydroxyl groups excluding tert-OH is 1. The van der Waals surface area contributed by atoms with Gasteiger partial charge in [0, 0.05) is 25.2 Å². The van der Waals surface area contributed by atoms with Gasteiger partial charge in [-0.15, -0.1) is 5.10 Å². The van der Waals surface area contributed by atoms with Crippen molar-refractivity contribution < 1.29 is 14.9 Å². The molecule has 0 amide bonds. The van der Waals surface area contributed by atoms with Crippen LogP contribution in [0.1, 0.15) is 16.7 Å². The second-order valence-corrected chi connectivity index (χ2v) is 8.75. The third kappa shape index (κ3) is 6.90. The highest BCUT2D eigenvalue weighted by Crippen LogP contribution is 2.35. The average Bonchev–Trinajstić information content (AvgIpc) is 2.87. The van der Waals surface area contributed by atoms with E-state index in [-0.39, 0.29) is 28.4 Å². The number of rotatable bonds is 10. The summed E-state index contributed by atoms with van der Waals surface area (Å²) in [6.45, 7) is 2.51. The summed E-state index contributed by atoms with van der Waals surface area (Å²) in [5.41, 5.74) is 4.36. The molecule has 0 aliphatic heterocycles. The summed E-state index contributed by atoms with van der Waals surface area (Å²) in [6.07, 6.45) is 1.51. The highest BCUT2D eigenvalue weighted by atomic mass is 35.5. The lowest BCUT2D eigenvalue weighted by Crippen LogP contribution is -2.26. The van der Waals surface area contributed by atoms with Crippen molar-refractivity contribution in [3.05, 3.63) is 99.7 Å². The molecule has 1 aromatic heterocycles. The lowest BCUT2D eigenvalue weighted by atomic mass is 10.1. The van der Waals surface area contributed by atoms with E-state index < -0.39 is 0 Å². The Kier molecular flexibility index (Phi) is 8.50. The van der Waals surface area contributed by atoms with Crippen LogP contribution in [0.25, 0.3) is 11.3 Å². The van der Waals surface area contributed by atoms with Crippen LogP contribution in [0.3, 0.4) is 0 Å². The molecule has 180 valence electrons. The predicted molar refractivity (Wildman–Crippen MR) is 135 cm³/mol. The molecule has 35 heavy (non-hydrogen) atoms. The van der Waals surface area contributed by atoms with Crippen LogP contribution in [0.2, 0.25) is 10.0 Å². The topological polar surface area (TPSA) is 91.6 Å². The number of benzene rings is 3. The van der Waals surface area contributed by atoms with E-state index in [0.717, 1.165) is 24.2 Å². The third-order valence-corrected chi connectivity index (χ3v) is 5.89. The van der Waals surface area contributed by atoms with Crippen molar-refractivity contribution in [3.8, 4) is 23.0 Å². The molecule has 7 nitrogen and oxygen atoms in total. The molecule has 9 heteroatoms. The number of hydrogen-bond donors (Lipinski definition) is 2. The summed E-state index contributed by atoms with van der Waals surface area (Å²) in [6, 6.07) is 21.5. The van der Waals surface area contributed by atoms with E-state index in [1.165, 1.54) is 23.9 Å². The molecule has 2 N–H and O–H groups in total. The van der Waals surface area contributed by atoms with Gasteiger partial charge in [0.15, 0.2) is 5.75 Å². The Morgan fingerprint density at radius 1 is 0.829 bits per heavy atom. The van der Waals surface area contributed by atoms with Gasteiger partial charge in [-0.25, -0.2) is 4.98 Å². The fourth-order valence-corrected chi connectivity index (χ4v) is 4.01. The minimum Gasteiger partial charge on any atom is -0.505 e. The molecule has 1 heterocycles. The molecule has 0 aliphatic rings. The van der Waals surface area contributed by atoms with Crippen molar-refractivity contribution in [2.24, 2.45) is 0 Å². The molecule has 0 atom stereocenters. The van der Waals surface area contributed by atoms with Gasteiger partial charge in [-0.3, -0.25) is 4.90 Å². The number of halogens is 2. The first-order valence-corrected chi connectivity index (χ1v) is 11.7. The average molecular weight is 511 g/mol. The monoisotopic (exact) mass is 510 g/mol. The number of phenolic OH excluding ortho intramolecular Hbond substituents is 1. The van der Waals surface area contributed by atoms with E-state index in [1.54, 1.807) is 0 Å². The van der Waals surface area contributed by atoms with Crippen LogP contribution >= 0.6 is 23.2 Å². The Bertz CT molecular complexity index is 1220. The maximum Gasteiger partial charge on any atom is 0.336 e. The van der Waals surface area contributed by atoms with Crippen molar-refractivity contribution in [3.63, 3.8) is 0 Å². The molecular weight excluding hydrogens is 487 g/mol. The Morgan fingerprint density at radius 3 is 2.06 bits per heavy atom. The molecule has 4 aromatic rings. The Balaban J connectivity index is 1.33. The maximum atomic E-state index is 9.70. The Hall–Kier alpha value is -3.23. The first-order chi connectivity index (χ1) is 17.0. The lowest BCUT2D eigenvalue weighted by Gasteiger charge is -2.21. The van der Waals surface area contributed by atoms with Crippen LogP contribution < -0.4 is 4.74 Å². The normalized spacial score (nSPS) is 11.1. The second kappa shape index (κ2) is 12.0. The molecule has 0 aliphatic carbocycles. The van der Waals surface area contributed by atoms with Gasteiger partial charge in [0.25, 0.3) is 0 Å².